The summed E-state index contributed by atoms with van der Waals surface area (Å²) in [7, 11) is 1.57. The number of carbonyl (C=O) groups excluding carboxylic acids is 1. The number of unbranched alkanes of at least 4 members (excludes halogenated alkanes) is 1. The molecule has 0 amide bonds. The Labute approximate surface area is 67.7 Å². The zero-order chi connectivity index (χ0) is 8.53. The van der Waals surface area contributed by atoms with Crippen molar-refractivity contribution in [2.75, 3.05) is 20.3 Å². The largest absolute Gasteiger partial charge is 0.466 e. The van der Waals surface area contributed by atoms with Crippen LogP contribution in [0.25, 0.3) is 0 Å². The second-order valence-electron chi connectivity index (χ2n) is 2.32. The highest BCUT2D eigenvalue weighted by molar-refractivity contribution is 5.69. The Kier molecular flexibility index (Phi) is 7.15. The van der Waals surface area contributed by atoms with Crippen LogP contribution in [0.2, 0.25) is 0 Å². The van der Waals surface area contributed by atoms with Gasteiger partial charge in [-0.3, -0.25) is 4.79 Å². The van der Waals surface area contributed by atoms with Crippen LogP contribution in [-0.2, 0) is 14.3 Å². The predicted octanol–water partition coefficient (Wildman–Crippen LogP) is 1.37. The van der Waals surface area contributed by atoms with Crippen molar-refractivity contribution < 1.29 is 14.3 Å². The van der Waals surface area contributed by atoms with Gasteiger partial charge < -0.3 is 9.47 Å². The molecule has 0 bridgehead atoms. The number of esters is 1. The summed E-state index contributed by atoms with van der Waals surface area (Å²) in [5.41, 5.74) is 0. The molecule has 0 spiro atoms. The quantitative estimate of drug-likeness (QED) is 0.435. The highest BCUT2D eigenvalue weighted by Crippen LogP contribution is 1.91. The summed E-state index contributed by atoms with van der Waals surface area (Å²) in [5, 5.41) is 0. The Morgan fingerprint density at radius 2 is 2.09 bits per heavy atom. The Bertz CT molecular complexity index is 102. The van der Waals surface area contributed by atoms with E-state index in [1.807, 2.05) is 0 Å². The predicted molar refractivity (Wildman–Crippen MR) is 42.4 cm³/mol. The summed E-state index contributed by atoms with van der Waals surface area (Å²) in [6.45, 7) is 3.05. The van der Waals surface area contributed by atoms with E-state index >= 15 is 0 Å². The first-order chi connectivity index (χ1) is 5.31. The summed E-state index contributed by atoms with van der Waals surface area (Å²) in [6.07, 6.45) is 2.36. The van der Waals surface area contributed by atoms with Gasteiger partial charge in [0.1, 0.15) is 0 Å². The van der Waals surface area contributed by atoms with E-state index in [0.29, 0.717) is 19.6 Å². The van der Waals surface area contributed by atoms with E-state index in [-0.39, 0.29) is 5.97 Å². The molecule has 0 aromatic heterocycles. The Balaban J connectivity index is 3.09. The highest BCUT2D eigenvalue weighted by atomic mass is 16.5. The van der Waals surface area contributed by atoms with Gasteiger partial charge in [0.25, 0.3) is 0 Å². The van der Waals surface area contributed by atoms with Gasteiger partial charge in [-0.25, -0.2) is 0 Å². The lowest BCUT2D eigenvalue weighted by Crippen LogP contribution is -2.08. The molecule has 0 aliphatic rings. The molecule has 0 heterocycles. The number of hydrogen-bond donors (Lipinski definition) is 0. The zero-order valence-corrected chi connectivity index (χ0v) is 7.26. The van der Waals surface area contributed by atoms with E-state index in [9.17, 15) is 4.79 Å². The first-order valence-electron chi connectivity index (χ1n) is 3.95. The third-order valence-corrected chi connectivity index (χ3v) is 1.27. The molecule has 0 atom stereocenters. The summed E-state index contributed by atoms with van der Waals surface area (Å²) >= 11 is 0. The zero-order valence-electron chi connectivity index (χ0n) is 7.26. The van der Waals surface area contributed by atoms with Gasteiger partial charge in [-0.15, -0.1) is 0 Å². The monoisotopic (exact) mass is 160 g/mol. The average Bonchev–Trinajstić information content (AvgIpc) is 2.01. The molecule has 66 valence electrons. The van der Waals surface area contributed by atoms with Gasteiger partial charge in [-0.05, 0) is 6.42 Å². The lowest BCUT2D eigenvalue weighted by molar-refractivity contribution is -0.144. The van der Waals surface area contributed by atoms with Crippen LogP contribution < -0.4 is 0 Å². The third-order valence-electron chi connectivity index (χ3n) is 1.27. The van der Waals surface area contributed by atoms with E-state index in [1.165, 1.54) is 0 Å². The minimum atomic E-state index is -0.166. The van der Waals surface area contributed by atoms with Gasteiger partial charge in [0.15, 0.2) is 0 Å². The molecule has 11 heavy (non-hydrogen) atoms. The molecule has 0 saturated heterocycles. The van der Waals surface area contributed by atoms with Gasteiger partial charge in [0, 0.05) is 7.11 Å². The van der Waals surface area contributed by atoms with Crippen molar-refractivity contribution in [3.63, 3.8) is 0 Å². The molecular formula is C8H16O3. The van der Waals surface area contributed by atoms with Crippen LogP contribution in [0, 0.1) is 0 Å². The molecule has 3 heteroatoms. The summed E-state index contributed by atoms with van der Waals surface area (Å²) in [5.74, 6) is -0.166. The number of methoxy groups -OCH3 is 1. The average molecular weight is 160 g/mol. The van der Waals surface area contributed by atoms with E-state index in [0.717, 1.165) is 12.8 Å². The topological polar surface area (TPSA) is 35.5 Å². The molecule has 0 aliphatic heterocycles. The van der Waals surface area contributed by atoms with Crippen LogP contribution in [0.5, 0.6) is 0 Å². The SMILES string of the molecule is CCCCOC(=O)CCOC. The molecule has 0 fully saturated rings. The molecular weight excluding hydrogens is 144 g/mol. The van der Waals surface area contributed by atoms with Gasteiger partial charge in [0.2, 0.25) is 0 Å². The second kappa shape index (κ2) is 7.54. The summed E-state index contributed by atoms with van der Waals surface area (Å²) < 4.78 is 9.58. The Hall–Kier alpha value is -0.570. The fraction of sp³-hybridized carbons (Fsp3) is 0.875. The van der Waals surface area contributed by atoms with Crippen LogP contribution in [0.4, 0.5) is 0 Å². The first-order valence-corrected chi connectivity index (χ1v) is 3.95. The standard InChI is InChI=1S/C8H16O3/c1-3-4-6-11-8(9)5-7-10-2/h3-7H2,1-2H3. The van der Waals surface area contributed by atoms with Crippen LogP contribution in [0.15, 0.2) is 0 Å². The maximum Gasteiger partial charge on any atom is 0.308 e. The lowest BCUT2D eigenvalue weighted by Gasteiger charge is -2.02. The molecule has 0 aliphatic carbocycles. The minimum absolute atomic E-state index is 0.166. The smallest absolute Gasteiger partial charge is 0.308 e. The molecule has 3 nitrogen and oxygen atoms in total. The Morgan fingerprint density at radius 1 is 1.36 bits per heavy atom. The molecule has 0 aromatic rings. The molecule has 0 radical (unpaired) electrons. The highest BCUT2D eigenvalue weighted by Gasteiger charge is 1.99. The molecule has 0 unspecified atom stereocenters. The van der Waals surface area contributed by atoms with E-state index < -0.39 is 0 Å². The van der Waals surface area contributed by atoms with Crippen LogP contribution in [0.3, 0.4) is 0 Å². The second-order valence-corrected chi connectivity index (χ2v) is 2.32. The number of ether oxygens (including phenoxy) is 2. The van der Waals surface area contributed by atoms with Gasteiger partial charge in [0.05, 0.1) is 19.6 Å². The molecule has 0 saturated carbocycles. The van der Waals surface area contributed by atoms with E-state index in [1.54, 1.807) is 7.11 Å². The van der Waals surface area contributed by atoms with Crippen molar-refractivity contribution in [2.24, 2.45) is 0 Å². The maximum absolute atomic E-state index is 10.8. The van der Waals surface area contributed by atoms with Gasteiger partial charge in [-0.2, -0.15) is 0 Å². The van der Waals surface area contributed by atoms with Crippen molar-refractivity contribution in [3.05, 3.63) is 0 Å². The van der Waals surface area contributed by atoms with Gasteiger partial charge in [-0.1, -0.05) is 13.3 Å². The van der Waals surface area contributed by atoms with E-state index in [4.69, 9.17) is 9.47 Å². The fourth-order valence-corrected chi connectivity index (χ4v) is 0.588. The number of rotatable bonds is 6. The van der Waals surface area contributed by atoms with Crippen molar-refractivity contribution in [3.8, 4) is 0 Å². The van der Waals surface area contributed by atoms with E-state index in [2.05, 4.69) is 6.92 Å². The van der Waals surface area contributed by atoms with Crippen LogP contribution in [-0.4, -0.2) is 26.3 Å². The summed E-state index contributed by atoms with van der Waals surface area (Å²) in [4.78, 5) is 10.8. The maximum atomic E-state index is 10.8. The molecule has 0 rings (SSSR count). The lowest BCUT2D eigenvalue weighted by atomic mass is 10.4. The summed E-state index contributed by atoms with van der Waals surface area (Å²) in [6, 6.07) is 0. The normalized spacial score (nSPS) is 9.64. The third kappa shape index (κ3) is 7.33. The van der Waals surface area contributed by atoms with Crippen LogP contribution >= 0.6 is 0 Å². The minimum Gasteiger partial charge on any atom is -0.466 e. The number of carbonyl (C=O) groups is 1. The molecule has 0 aromatic carbocycles. The van der Waals surface area contributed by atoms with Crippen molar-refractivity contribution in [2.45, 2.75) is 26.2 Å². The molecule has 0 N–H and O–H groups in total. The Morgan fingerprint density at radius 3 is 2.64 bits per heavy atom. The fourth-order valence-electron chi connectivity index (χ4n) is 0.588. The number of hydrogen-bond acceptors (Lipinski definition) is 3. The first kappa shape index (κ1) is 10.4. The van der Waals surface area contributed by atoms with Crippen molar-refractivity contribution in [1.29, 1.82) is 0 Å². The van der Waals surface area contributed by atoms with Crippen LogP contribution in [0.1, 0.15) is 26.2 Å². The van der Waals surface area contributed by atoms with Crippen molar-refractivity contribution >= 4 is 5.97 Å². The van der Waals surface area contributed by atoms with Gasteiger partial charge >= 0.3 is 5.97 Å². The van der Waals surface area contributed by atoms with Crippen molar-refractivity contribution in [1.82, 2.24) is 0 Å².